The smallest absolute Gasteiger partial charge is 0.144 e. The van der Waals surface area contributed by atoms with Gasteiger partial charge in [-0.25, -0.2) is 4.99 Å². The molecule has 2 aromatic carbocycles. The van der Waals surface area contributed by atoms with Gasteiger partial charge in [0.05, 0.1) is 7.11 Å². The minimum Gasteiger partial charge on any atom is -0.494 e. The first-order valence-electron chi connectivity index (χ1n) is 9.12. The molecule has 4 heteroatoms. The highest BCUT2D eigenvalue weighted by molar-refractivity contribution is 5.89. The number of benzene rings is 2. The molecule has 134 valence electrons. The maximum Gasteiger partial charge on any atom is 0.144 e. The minimum absolute atomic E-state index is 0.0826. The van der Waals surface area contributed by atoms with Gasteiger partial charge in [0.2, 0.25) is 0 Å². The molecule has 1 saturated heterocycles. The summed E-state index contributed by atoms with van der Waals surface area (Å²) in [5.41, 5.74) is 3.47. The van der Waals surface area contributed by atoms with E-state index in [4.69, 9.17) is 9.73 Å². The molecule has 2 heterocycles. The van der Waals surface area contributed by atoms with Gasteiger partial charge in [-0.05, 0) is 44.0 Å². The van der Waals surface area contributed by atoms with Gasteiger partial charge in [-0.1, -0.05) is 30.3 Å². The minimum atomic E-state index is 0.0826. The van der Waals surface area contributed by atoms with Crippen LogP contribution in [0.2, 0.25) is 0 Å². The maximum atomic E-state index is 5.48. The molecule has 3 aromatic rings. The summed E-state index contributed by atoms with van der Waals surface area (Å²) in [5.74, 6) is 1.95. The maximum absolute atomic E-state index is 5.48. The van der Waals surface area contributed by atoms with Crippen molar-refractivity contribution < 1.29 is 4.74 Å². The topological polar surface area (TPSA) is 40.6 Å². The Hall–Kier alpha value is -2.75. The van der Waals surface area contributed by atoms with Gasteiger partial charge in [0.15, 0.2) is 0 Å². The van der Waals surface area contributed by atoms with Gasteiger partial charge in [0.25, 0.3) is 0 Å². The van der Waals surface area contributed by atoms with E-state index in [1.54, 1.807) is 7.11 Å². The summed E-state index contributed by atoms with van der Waals surface area (Å²) >= 11 is 0. The fourth-order valence-electron chi connectivity index (χ4n) is 3.75. The number of hydrogen-bond donors (Lipinski definition) is 1. The van der Waals surface area contributed by atoms with Crippen LogP contribution in [0.5, 0.6) is 5.75 Å². The lowest BCUT2D eigenvalue weighted by Crippen LogP contribution is -2.40. The van der Waals surface area contributed by atoms with E-state index in [9.17, 15) is 0 Å². The number of aromatic amines is 1. The number of H-pyrrole nitrogens is 1. The molecule has 26 heavy (non-hydrogen) atoms. The third-order valence-electron chi connectivity index (χ3n) is 5.34. The van der Waals surface area contributed by atoms with Gasteiger partial charge in [-0.3, -0.25) is 0 Å². The molecule has 0 atom stereocenters. The van der Waals surface area contributed by atoms with Crippen LogP contribution >= 0.6 is 0 Å². The zero-order valence-electron chi connectivity index (χ0n) is 15.6. The molecule has 1 fully saturated rings. The number of para-hydroxylation sites is 3. The molecule has 0 spiro atoms. The summed E-state index contributed by atoms with van der Waals surface area (Å²) in [6, 6.07) is 16.4. The monoisotopic (exact) mass is 347 g/mol. The van der Waals surface area contributed by atoms with Crippen molar-refractivity contribution in [2.75, 3.05) is 7.11 Å². The van der Waals surface area contributed by atoms with E-state index < -0.39 is 0 Å². The molecule has 0 saturated carbocycles. The zero-order chi connectivity index (χ0) is 18.1. The molecule has 1 aliphatic rings. The first-order valence-corrected chi connectivity index (χ1v) is 9.12. The van der Waals surface area contributed by atoms with E-state index >= 15 is 0 Å². The lowest BCUT2D eigenvalue weighted by molar-refractivity contribution is 0.232. The van der Waals surface area contributed by atoms with Crippen LogP contribution in [0.4, 0.5) is 5.69 Å². The van der Waals surface area contributed by atoms with Crippen molar-refractivity contribution in [3.05, 3.63) is 60.3 Å². The second-order valence-electron chi connectivity index (χ2n) is 7.46. The van der Waals surface area contributed by atoms with E-state index in [-0.39, 0.29) is 5.54 Å². The van der Waals surface area contributed by atoms with Gasteiger partial charge >= 0.3 is 0 Å². The quantitative estimate of drug-likeness (QED) is 0.697. The van der Waals surface area contributed by atoms with Crippen molar-refractivity contribution in [1.29, 1.82) is 0 Å². The van der Waals surface area contributed by atoms with Gasteiger partial charge < -0.3 is 14.6 Å². The number of likely N-dealkylation sites (tertiary alicyclic amines) is 1. The van der Waals surface area contributed by atoms with E-state index in [1.807, 2.05) is 24.3 Å². The molecular weight excluding hydrogens is 322 g/mol. The molecule has 0 amide bonds. The lowest BCUT2D eigenvalue weighted by Gasteiger charge is -2.33. The van der Waals surface area contributed by atoms with E-state index in [2.05, 4.69) is 54.2 Å². The Morgan fingerprint density at radius 2 is 1.88 bits per heavy atom. The largest absolute Gasteiger partial charge is 0.494 e. The molecule has 4 nitrogen and oxygen atoms in total. The number of amidine groups is 1. The molecule has 0 radical (unpaired) electrons. The van der Waals surface area contributed by atoms with Gasteiger partial charge in [0.1, 0.15) is 17.3 Å². The van der Waals surface area contributed by atoms with Crippen molar-refractivity contribution in [2.45, 2.75) is 38.8 Å². The average molecular weight is 347 g/mol. The molecule has 1 aliphatic heterocycles. The number of fused-ring (bicyclic) bond motifs is 1. The number of hydrogen-bond acceptors (Lipinski definition) is 2. The third-order valence-corrected chi connectivity index (χ3v) is 5.34. The van der Waals surface area contributed by atoms with Crippen molar-refractivity contribution in [1.82, 2.24) is 9.88 Å². The summed E-state index contributed by atoms with van der Waals surface area (Å²) < 4.78 is 5.48. The van der Waals surface area contributed by atoms with Crippen LogP contribution in [0.15, 0.2) is 59.7 Å². The first-order chi connectivity index (χ1) is 12.6. The van der Waals surface area contributed by atoms with Gasteiger partial charge in [-0.15, -0.1) is 0 Å². The fraction of sp³-hybridized carbons (Fsp3) is 0.318. The van der Waals surface area contributed by atoms with E-state index in [0.717, 1.165) is 36.7 Å². The fourth-order valence-corrected chi connectivity index (χ4v) is 3.75. The molecule has 1 N–H and O–H groups in total. The number of rotatable bonds is 4. The summed E-state index contributed by atoms with van der Waals surface area (Å²) in [6.07, 6.45) is 4.20. The lowest BCUT2D eigenvalue weighted by atomic mass is 10.0. The Bertz CT molecular complexity index is 955. The number of aliphatic imine (C=N–C) groups is 1. The second-order valence-corrected chi connectivity index (χ2v) is 7.46. The van der Waals surface area contributed by atoms with Crippen LogP contribution in [0.1, 0.15) is 32.3 Å². The van der Waals surface area contributed by atoms with Crippen molar-refractivity contribution in [3.63, 3.8) is 0 Å². The SMILES string of the molecule is COc1ccccc1/N=C1/CCC(C)(C)N1Cc1c[nH]c2ccccc12. The highest BCUT2D eigenvalue weighted by atomic mass is 16.5. The van der Waals surface area contributed by atoms with Crippen molar-refractivity contribution in [2.24, 2.45) is 4.99 Å². The molecule has 1 aromatic heterocycles. The van der Waals surface area contributed by atoms with Crippen LogP contribution in [0.3, 0.4) is 0 Å². The number of nitrogens with one attached hydrogen (secondary N) is 1. The predicted molar refractivity (Wildman–Crippen MR) is 107 cm³/mol. The first kappa shape index (κ1) is 16.7. The number of methoxy groups -OCH3 is 1. The van der Waals surface area contributed by atoms with Crippen molar-refractivity contribution in [3.8, 4) is 5.75 Å². The number of ether oxygens (including phenoxy) is 1. The molecule has 0 aliphatic carbocycles. The molecule has 0 unspecified atom stereocenters. The highest BCUT2D eigenvalue weighted by Crippen LogP contribution is 2.36. The number of nitrogens with zero attached hydrogens (tertiary/aromatic N) is 2. The van der Waals surface area contributed by atoms with Gasteiger partial charge in [-0.2, -0.15) is 0 Å². The Morgan fingerprint density at radius 1 is 1.12 bits per heavy atom. The Labute approximate surface area is 154 Å². The molecule has 0 bridgehead atoms. The molecule has 4 rings (SSSR count). The van der Waals surface area contributed by atoms with Crippen molar-refractivity contribution >= 4 is 22.4 Å². The van der Waals surface area contributed by atoms with Crippen LogP contribution in [-0.4, -0.2) is 28.4 Å². The standard InChI is InChI=1S/C22H25N3O/c1-22(2)13-12-21(24-19-10-6-7-11-20(19)26-3)25(22)15-16-14-23-18-9-5-4-8-17(16)18/h4-11,14,23H,12-13,15H2,1-3H3/b24-21-. The zero-order valence-corrected chi connectivity index (χ0v) is 15.6. The summed E-state index contributed by atoms with van der Waals surface area (Å²) in [4.78, 5) is 10.8. The third kappa shape index (κ3) is 2.96. The van der Waals surface area contributed by atoms with Gasteiger partial charge in [0, 0.05) is 35.6 Å². The summed E-state index contributed by atoms with van der Waals surface area (Å²) in [6.45, 7) is 5.45. The Morgan fingerprint density at radius 3 is 2.73 bits per heavy atom. The average Bonchev–Trinajstić information content (AvgIpc) is 3.18. The summed E-state index contributed by atoms with van der Waals surface area (Å²) in [7, 11) is 1.70. The van der Waals surface area contributed by atoms with Crippen LogP contribution in [0, 0.1) is 0 Å². The Kier molecular flexibility index (Phi) is 4.19. The predicted octanol–water partition coefficient (Wildman–Crippen LogP) is 5.28. The second kappa shape index (κ2) is 6.52. The Balaban J connectivity index is 1.70. The highest BCUT2D eigenvalue weighted by Gasteiger charge is 2.36. The van der Waals surface area contributed by atoms with Crippen LogP contribution in [-0.2, 0) is 6.54 Å². The van der Waals surface area contributed by atoms with E-state index in [0.29, 0.717) is 0 Å². The normalized spacial score (nSPS) is 18.0. The molecular formula is C22H25N3O. The van der Waals surface area contributed by atoms with Crippen LogP contribution in [0.25, 0.3) is 10.9 Å². The number of aromatic nitrogens is 1. The van der Waals surface area contributed by atoms with E-state index in [1.165, 1.54) is 16.5 Å². The van der Waals surface area contributed by atoms with Crippen LogP contribution < -0.4 is 4.74 Å². The summed E-state index contributed by atoms with van der Waals surface area (Å²) in [5, 5.41) is 1.28.